The molecule has 0 bridgehead atoms. The van der Waals surface area contributed by atoms with Crippen molar-refractivity contribution in [2.75, 3.05) is 11.5 Å². The molecule has 42 heavy (non-hydrogen) atoms. The van der Waals surface area contributed by atoms with Crippen molar-refractivity contribution in [2.24, 2.45) is 5.16 Å². The van der Waals surface area contributed by atoms with E-state index in [1.807, 2.05) is 4.57 Å². The lowest BCUT2D eigenvalue weighted by Gasteiger charge is -2.49. The summed E-state index contributed by atoms with van der Waals surface area (Å²) in [6, 6.07) is 4.38. The second-order valence-corrected chi connectivity index (χ2v) is 11.8. The van der Waals surface area contributed by atoms with Crippen LogP contribution in [0.25, 0.3) is 5.65 Å². The number of imidazole rings is 1. The largest absolute Gasteiger partial charge is 0.478 e. The molecule has 0 aromatic carbocycles. The van der Waals surface area contributed by atoms with Crippen LogP contribution in [0.3, 0.4) is 0 Å². The third kappa shape index (κ3) is 5.12. The zero-order valence-electron chi connectivity index (χ0n) is 22.0. The molecule has 2 amide bonds. The molecular weight excluding hydrogens is 588 g/mol. The second kappa shape index (κ2) is 10.8. The van der Waals surface area contributed by atoms with Crippen molar-refractivity contribution in [2.45, 2.75) is 37.4 Å². The number of hydrogen-bond donors (Lipinski definition) is 4. The average Bonchev–Trinajstić information content (AvgIpc) is 3.56. The number of oxime groups is 1. The van der Waals surface area contributed by atoms with Crippen LogP contribution in [0.4, 0.5) is 5.13 Å². The van der Waals surface area contributed by atoms with Crippen molar-refractivity contribution in [1.29, 1.82) is 5.26 Å². The van der Waals surface area contributed by atoms with E-state index in [0.717, 1.165) is 21.9 Å². The fourth-order valence-corrected chi connectivity index (χ4v) is 6.20. The van der Waals surface area contributed by atoms with E-state index in [1.54, 1.807) is 35.1 Å². The number of nitrogens with zero attached hydrogens (tertiary/aromatic N) is 6. The molecule has 2 aliphatic heterocycles. The molecule has 0 radical (unpaired) electrons. The van der Waals surface area contributed by atoms with Gasteiger partial charge in [-0.25, -0.2) is 23.5 Å². The molecule has 5 rings (SSSR count). The Bertz CT molecular complexity index is 1750. The Balaban J connectivity index is 1.37. The summed E-state index contributed by atoms with van der Waals surface area (Å²) in [6.45, 7) is 2.67. The highest BCUT2D eigenvalue weighted by Crippen LogP contribution is 2.40. The highest BCUT2D eigenvalue weighted by atomic mass is 32.2. The van der Waals surface area contributed by atoms with Crippen LogP contribution in [0.15, 0.2) is 52.5 Å². The van der Waals surface area contributed by atoms with Crippen molar-refractivity contribution in [1.82, 2.24) is 19.6 Å². The summed E-state index contributed by atoms with van der Waals surface area (Å²) in [6.07, 6.45) is 5.15. The maximum absolute atomic E-state index is 13.2. The number of carboxylic acid groups (broad SMARTS) is 2. The van der Waals surface area contributed by atoms with E-state index in [9.17, 15) is 29.4 Å². The monoisotopic (exact) mass is 611 g/mol. The minimum absolute atomic E-state index is 0.0169. The Morgan fingerprint density at radius 2 is 2.12 bits per heavy atom. The SMILES string of the molecule is CC(C)(O/N=C(/C(=O)N[C@@H]1C(=O)N2C(C(=O)O)=C(C[n+]3ccn4cc(C#N)ccc43)CS[C@H]12)c1csc(N)n1)C(=O)O. The molecule has 5 heterocycles. The van der Waals surface area contributed by atoms with Crippen LogP contribution >= 0.6 is 23.1 Å². The number of thioether (sulfide) groups is 1. The summed E-state index contributed by atoms with van der Waals surface area (Å²) in [5, 5.41) is 35.6. The number of nitriles is 1. The number of fused-ring (bicyclic) bond motifs is 2. The van der Waals surface area contributed by atoms with E-state index in [0.29, 0.717) is 11.1 Å². The summed E-state index contributed by atoms with van der Waals surface area (Å²) in [5.74, 6) is -3.85. The lowest BCUT2D eigenvalue weighted by Crippen LogP contribution is -2.71. The number of β-lactam (4-membered cyclic amide) rings is 1. The van der Waals surface area contributed by atoms with Gasteiger partial charge < -0.3 is 26.1 Å². The van der Waals surface area contributed by atoms with Gasteiger partial charge in [-0.05, 0) is 19.9 Å². The van der Waals surface area contributed by atoms with Crippen LogP contribution in [-0.2, 0) is 30.6 Å². The van der Waals surface area contributed by atoms with Gasteiger partial charge in [0, 0.05) is 22.8 Å². The molecule has 1 saturated heterocycles. The van der Waals surface area contributed by atoms with Crippen LogP contribution in [0.2, 0.25) is 0 Å². The summed E-state index contributed by atoms with van der Waals surface area (Å²) in [5.41, 5.74) is 5.06. The summed E-state index contributed by atoms with van der Waals surface area (Å²) >= 11 is 2.31. The lowest BCUT2D eigenvalue weighted by atomic mass is 10.0. The van der Waals surface area contributed by atoms with E-state index in [4.69, 9.17) is 15.8 Å². The molecule has 1 fully saturated rings. The highest BCUT2D eigenvalue weighted by molar-refractivity contribution is 8.00. The molecule has 3 aromatic heterocycles. The third-order valence-corrected chi connectivity index (χ3v) is 8.56. The van der Waals surface area contributed by atoms with Gasteiger partial charge >= 0.3 is 11.9 Å². The molecule has 0 unspecified atom stereocenters. The molecule has 5 N–H and O–H groups in total. The Hall–Kier alpha value is -4.95. The molecule has 2 atom stereocenters. The number of pyridine rings is 1. The maximum atomic E-state index is 13.2. The van der Waals surface area contributed by atoms with Crippen LogP contribution in [0.1, 0.15) is 25.1 Å². The fourth-order valence-electron chi connectivity index (χ4n) is 4.32. The van der Waals surface area contributed by atoms with Crippen molar-refractivity contribution < 1.29 is 38.8 Å². The summed E-state index contributed by atoms with van der Waals surface area (Å²) in [4.78, 5) is 60.5. The average molecular weight is 612 g/mol. The predicted molar refractivity (Wildman–Crippen MR) is 148 cm³/mol. The zero-order chi connectivity index (χ0) is 30.3. The maximum Gasteiger partial charge on any atom is 0.352 e. The number of anilines is 1. The van der Waals surface area contributed by atoms with E-state index in [-0.39, 0.29) is 28.8 Å². The number of aliphatic carboxylic acids is 2. The zero-order valence-corrected chi connectivity index (χ0v) is 23.7. The van der Waals surface area contributed by atoms with Crippen molar-refractivity contribution in [3.63, 3.8) is 0 Å². The number of thiazole rings is 1. The highest BCUT2D eigenvalue weighted by Gasteiger charge is 2.54. The number of aromatic nitrogens is 3. The molecule has 17 heteroatoms. The topological polar surface area (TPSA) is 217 Å². The van der Waals surface area contributed by atoms with Gasteiger partial charge in [0.25, 0.3) is 17.5 Å². The van der Waals surface area contributed by atoms with Crippen LogP contribution < -0.4 is 15.6 Å². The number of hydrogen-bond acceptors (Lipinski definition) is 11. The van der Waals surface area contributed by atoms with Crippen molar-refractivity contribution >= 4 is 63.3 Å². The van der Waals surface area contributed by atoms with Gasteiger partial charge in [-0.3, -0.25) is 14.5 Å². The van der Waals surface area contributed by atoms with Gasteiger partial charge in [-0.1, -0.05) is 5.16 Å². The summed E-state index contributed by atoms with van der Waals surface area (Å²) in [7, 11) is 0. The number of nitrogen functional groups attached to an aromatic ring is 1. The van der Waals surface area contributed by atoms with Crippen LogP contribution in [-0.4, -0.2) is 76.7 Å². The minimum atomic E-state index is -1.77. The fraction of sp³-hybridized carbons (Fsp3) is 0.280. The molecule has 15 nitrogen and oxygen atoms in total. The first-order chi connectivity index (χ1) is 19.9. The standard InChI is InChI=1S/C25H22N8O7S2/c1-25(2,23(38)39)40-30-16(14-11-42-24(27)28-14)19(34)29-17-20(35)33-18(22(36)37)13(10-41-21(17)33)9-32-6-5-31-8-12(7-26)3-4-15(31)32/h3-6,8,11,17,21H,9-10H2,1-2H3,(H4-,27,28,29,34,36,37,38,39)/p+1/b30-16+/t17-,21-/m1/s1. The van der Waals surface area contributed by atoms with Gasteiger partial charge in [0.1, 0.15) is 54.0 Å². The van der Waals surface area contributed by atoms with E-state index >= 15 is 0 Å². The van der Waals surface area contributed by atoms with Crippen LogP contribution in [0.5, 0.6) is 0 Å². The van der Waals surface area contributed by atoms with E-state index < -0.39 is 46.5 Å². The molecule has 0 spiro atoms. The van der Waals surface area contributed by atoms with Gasteiger partial charge in [-0.2, -0.15) is 5.26 Å². The molecule has 0 aliphatic carbocycles. The predicted octanol–water partition coefficient (Wildman–Crippen LogP) is 0.160. The van der Waals surface area contributed by atoms with Gasteiger partial charge in [0.15, 0.2) is 10.8 Å². The Labute approximate surface area is 245 Å². The Kier molecular flexibility index (Phi) is 7.34. The summed E-state index contributed by atoms with van der Waals surface area (Å²) < 4.78 is 3.56. The first kappa shape index (κ1) is 28.6. The Morgan fingerprint density at radius 3 is 2.76 bits per heavy atom. The van der Waals surface area contributed by atoms with E-state index in [1.165, 1.54) is 31.0 Å². The first-order valence-corrected chi connectivity index (χ1v) is 14.2. The lowest BCUT2D eigenvalue weighted by molar-refractivity contribution is -0.662. The molecular formula is C25H23N8O7S2+. The number of carboxylic acids is 2. The number of rotatable bonds is 9. The van der Waals surface area contributed by atoms with Crippen molar-refractivity contribution in [3.8, 4) is 6.07 Å². The molecule has 3 aromatic rings. The van der Waals surface area contributed by atoms with Gasteiger partial charge in [0.2, 0.25) is 5.60 Å². The normalized spacial score (nSPS) is 18.7. The number of carbonyl (C=O) groups excluding carboxylic acids is 2. The number of nitrogens with one attached hydrogen (secondary N) is 1. The van der Waals surface area contributed by atoms with E-state index in [2.05, 4.69) is 21.5 Å². The number of carbonyl (C=O) groups is 4. The Morgan fingerprint density at radius 1 is 1.36 bits per heavy atom. The molecule has 0 saturated carbocycles. The van der Waals surface area contributed by atoms with Crippen LogP contribution in [0, 0.1) is 11.3 Å². The van der Waals surface area contributed by atoms with Gasteiger partial charge in [0.05, 0.1) is 5.56 Å². The second-order valence-electron chi connectivity index (χ2n) is 9.76. The minimum Gasteiger partial charge on any atom is -0.478 e. The smallest absolute Gasteiger partial charge is 0.352 e. The molecule has 2 aliphatic rings. The quantitative estimate of drug-likeness (QED) is 0.111. The first-order valence-electron chi connectivity index (χ1n) is 12.2. The van der Waals surface area contributed by atoms with Crippen molar-refractivity contribution in [3.05, 3.63) is 58.6 Å². The molecule has 216 valence electrons. The number of nitrogens with two attached hydrogens (primary N) is 1. The third-order valence-electron chi connectivity index (χ3n) is 6.54. The number of amides is 2. The van der Waals surface area contributed by atoms with Gasteiger partial charge in [-0.15, -0.1) is 23.1 Å².